The van der Waals surface area contributed by atoms with Gasteiger partial charge in [-0.1, -0.05) is 30.3 Å². The lowest BCUT2D eigenvalue weighted by molar-refractivity contribution is -0.111. The van der Waals surface area contributed by atoms with Crippen LogP contribution in [0.4, 0.5) is 11.4 Å². The third-order valence-corrected chi connectivity index (χ3v) is 4.37. The number of methoxy groups -OCH3 is 1. The molecule has 0 aliphatic carbocycles. The molecule has 3 rings (SSSR count). The summed E-state index contributed by atoms with van der Waals surface area (Å²) in [5, 5.41) is 14.1. The van der Waals surface area contributed by atoms with E-state index in [1.165, 1.54) is 6.08 Å². The standard InChI is InChI=1S/C25H21N3O4/c1-31-21-6-4-5-19(17-21)27-25(30)22-7-2-3-8-23(22)28-24(29)14-11-18-9-12-20(13-10-18)32-16-15-26/h2-14,17H,16H2,1H3,(H,27,30)(H,28,29)/b14-11+. The lowest BCUT2D eigenvalue weighted by atomic mass is 10.1. The summed E-state index contributed by atoms with van der Waals surface area (Å²) >= 11 is 0. The molecule has 0 unspecified atom stereocenters. The molecule has 0 atom stereocenters. The third kappa shape index (κ3) is 6.21. The van der Waals surface area contributed by atoms with E-state index in [1.807, 2.05) is 6.07 Å². The van der Waals surface area contributed by atoms with Crippen LogP contribution >= 0.6 is 0 Å². The van der Waals surface area contributed by atoms with Crippen LogP contribution in [0.25, 0.3) is 6.08 Å². The molecule has 0 saturated heterocycles. The summed E-state index contributed by atoms with van der Waals surface area (Å²) in [5.41, 5.74) is 2.09. The topological polar surface area (TPSA) is 100 Å². The van der Waals surface area contributed by atoms with Gasteiger partial charge in [0.25, 0.3) is 5.91 Å². The number of carbonyl (C=O) groups excluding carboxylic acids is 2. The number of anilines is 2. The summed E-state index contributed by atoms with van der Waals surface area (Å²) in [7, 11) is 1.55. The van der Waals surface area contributed by atoms with Gasteiger partial charge in [-0.05, 0) is 48.0 Å². The number of nitriles is 1. The molecule has 7 nitrogen and oxygen atoms in total. The molecule has 32 heavy (non-hydrogen) atoms. The van der Waals surface area contributed by atoms with Gasteiger partial charge >= 0.3 is 0 Å². The van der Waals surface area contributed by atoms with E-state index in [0.717, 1.165) is 5.56 Å². The predicted molar refractivity (Wildman–Crippen MR) is 123 cm³/mol. The molecule has 2 amide bonds. The number of nitrogens with zero attached hydrogens (tertiary/aromatic N) is 1. The molecule has 160 valence electrons. The number of rotatable bonds is 8. The van der Waals surface area contributed by atoms with Gasteiger partial charge in [-0.2, -0.15) is 5.26 Å². The number of para-hydroxylation sites is 1. The predicted octanol–water partition coefficient (Wildman–Crippen LogP) is 4.50. The number of nitrogens with one attached hydrogen (secondary N) is 2. The lowest BCUT2D eigenvalue weighted by Gasteiger charge is -2.11. The van der Waals surface area contributed by atoms with Crippen molar-refractivity contribution in [3.63, 3.8) is 0 Å². The molecule has 3 aromatic rings. The van der Waals surface area contributed by atoms with Gasteiger partial charge in [-0.3, -0.25) is 9.59 Å². The molecule has 0 fully saturated rings. The van der Waals surface area contributed by atoms with Gasteiger partial charge in [0, 0.05) is 17.8 Å². The van der Waals surface area contributed by atoms with Gasteiger partial charge in [-0.15, -0.1) is 0 Å². The number of ether oxygens (including phenoxy) is 2. The maximum atomic E-state index is 12.7. The summed E-state index contributed by atoms with van der Waals surface area (Å²) in [6.07, 6.45) is 3.02. The third-order valence-electron chi connectivity index (χ3n) is 4.37. The second-order valence-corrected chi connectivity index (χ2v) is 6.57. The van der Waals surface area contributed by atoms with Gasteiger partial charge in [0.2, 0.25) is 5.91 Å². The average molecular weight is 427 g/mol. The number of carbonyl (C=O) groups is 2. The fourth-order valence-electron chi connectivity index (χ4n) is 2.83. The Morgan fingerprint density at radius 1 is 0.969 bits per heavy atom. The largest absolute Gasteiger partial charge is 0.497 e. The fraction of sp³-hybridized carbons (Fsp3) is 0.0800. The summed E-state index contributed by atoms with van der Waals surface area (Å²) in [4.78, 5) is 25.2. The second-order valence-electron chi connectivity index (χ2n) is 6.57. The average Bonchev–Trinajstić information content (AvgIpc) is 2.82. The molecular weight excluding hydrogens is 406 g/mol. The zero-order valence-electron chi connectivity index (χ0n) is 17.4. The van der Waals surface area contributed by atoms with Crippen LogP contribution in [0.1, 0.15) is 15.9 Å². The minimum Gasteiger partial charge on any atom is -0.497 e. The zero-order chi connectivity index (χ0) is 22.8. The molecule has 0 aliphatic rings. The Kier molecular flexibility index (Phi) is 7.60. The van der Waals surface area contributed by atoms with Gasteiger partial charge in [-0.25, -0.2) is 0 Å². The Labute approximate surface area is 185 Å². The van der Waals surface area contributed by atoms with Crippen molar-refractivity contribution in [2.45, 2.75) is 0 Å². The highest BCUT2D eigenvalue weighted by atomic mass is 16.5. The molecular formula is C25H21N3O4. The lowest BCUT2D eigenvalue weighted by Crippen LogP contribution is -2.17. The maximum Gasteiger partial charge on any atom is 0.257 e. The van der Waals surface area contributed by atoms with E-state index in [4.69, 9.17) is 14.7 Å². The van der Waals surface area contributed by atoms with E-state index in [-0.39, 0.29) is 18.4 Å². The monoisotopic (exact) mass is 427 g/mol. The maximum absolute atomic E-state index is 12.7. The Balaban J connectivity index is 1.66. The van der Waals surface area contributed by atoms with Crippen molar-refractivity contribution in [2.75, 3.05) is 24.4 Å². The molecule has 0 aliphatic heterocycles. The van der Waals surface area contributed by atoms with E-state index < -0.39 is 0 Å². The van der Waals surface area contributed by atoms with Gasteiger partial charge < -0.3 is 20.1 Å². The first-order valence-corrected chi connectivity index (χ1v) is 9.72. The quantitative estimate of drug-likeness (QED) is 0.516. The van der Waals surface area contributed by atoms with Gasteiger partial charge in [0.1, 0.15) is 17.6 Å². The van der Waals surface area contributed by atoms with E-state index >= 15 is 0 Å². The molecule has 0 bridgehead atoms. The Bertz CT molecular complexity index is 1160. The summed E-state index contributed by atoms with van der Waals surface area (Å²) in [5.74, 6) is 0.464. The van der Waals surface area contributed by atoms with Crippen molar-refractivity contribution >= 4 is 29.3 Å². The van der Waals surface area contributed by atoms with Crippen LogP contribution < -0.4 is 20.1 Å². The van der Waals surface area contributed by atoms with Crippen molar-refractivity contribution in [1.82, 2.24) is 0 Å². The van der Waals surface area contributed by atoms with Crippen LogP contribution in [0, 0.1) is 11.3 Å². The van der Waals surface area contributed by atoms with Crippen molar-refractivity contribution < 1.29 is 19.1 Å². The summed E-state index contributed by atoms with van der Waals surface area (Å²) < 4.78 is 10.4. The van der Waals surface area contributed by atoms with Gasteiger partial charge in [0.15, 0.2) is 6.61 Å². The second kappa shape index (κ2) is 11.0. The van der Waals surface area contributed by atoms with Crippen molar-refractivity contribution in [3.8, 4) is 17.6 Å². The van der Waals surface area contributed by atoms with Crippen LogP contribution in [0.3, 0.4) is 0 Å². The normalized spacial score (nSPS) is 10.2. The Hall–Kier alpha value is -4.57. The van der Waals surface area contributed by atoms with Crippen LogP contribution in [0.2, 0.25) is 0 Å². The minimum atomic E-state index is -0.378. The molecule has 7 heteroatoms. The number of amides is 2. The van der Waals surface area contributed by atoms with E-state index in [0.29, 0.717) is 28.4 Å². The highest BCUT2D eigenvalue weighted by Crippen LogP contribution is 2.21. The van der Waals surface area contributed by atoms with Crippen LogP contribution in [0.5, 0.6) is 11.5 Å². The molecule has 0 radical (unpaired) electrons. The first-order chi connectivity index (χ1) is 15.6. The SMILES string of the molecule is COc1cccc(NC(=O)c2ccccc2NC(=O)/C=C/c2ccc(OCC#N)cc2)c1. The van der Waals surface area contributed by atoms with E-state index in [1.54, 1.807) is 86.0 Å². The van der Waals surface area contributed by atoms with Crippen molar-refractivity contribution in [1.29, 1.82) is 5.26 Å². The smallest absolute Gasteiger partial charge is 0.257 e. The number of hydrogen-bond acceptors (Lipinski definition) is 5. The highest BCUT2D eigenvalue weighted by molar-refractivity contribution is 6.11. The first kappa shape index (κ1) is 22.1. The molecule has 0 aromatic heterocycles. The van der Waals surface area contributed by atoms with Crippen LogP contribution in [0.15, 0.2) is 78.9 Å². The molecule has 3 aromatic carbocycles. The van der Waals surface area contributed by atoms with Crippen molar-refractivity contribution in [2.24, 2.45) is 0 Å². The zero-order valence-corrected chi connectivity index (χ0v) is 17.4. The number of hydrogen-bond donors (Lipinski definition) is 2. The van der Waals surface area contributed by atoms with Crippen LogP contribution in [-0.2, 0) is 4.79 Å². The van der Waals surface area contributed by atoms with E-state index in [2.05, 4.69) is 10.6 Å². The van der Waals surface area contributed by atoms with Gasteiger partial charge in [0.05, 0.1) is 18.4 Å². The molecule has 2 N–H and O–H groups in total. The number of benzene rings is 3. The summed E-state index contributed by atoms with van der Waals surface area (Å²) in [6, 6.07) is 22.6. The van der Waals surface area contributed by atoms with Crippen LogP contribution in [-0.4, -0.2) is 25.5 Å². The van der Waals surface area contributed by atoms with E-state index in [9.17, 15) is 9.59 Å². The minimum absolute atomic E-state index is 0.0254. The first-order valence-electron chi connectivity index (χ1n) is 9.72. The Morgan fingerprint density at radius 2 is 1.75 bits per heavy atom. The molecule has 0 spiro atoms. The highest BCUT2D eigenvalue weighted by Gasteiger charge is 2.13. The van der Waals surface area contributed by atoms with Crippen molar-refractivity contribution in [3.05, 3.63) is 90.0 Å². The summed E-state index contributed by atoms with van der Waals surface area (Å²) in [6.45, 7) is -0.0254. The Morgan fingerprint density at radius 3 is 2.50 bits per heavy atom. The fourth-order valence-corrected chi connectivity index (χ4v) is 2.83. The molecule has 0 saturated carbocycles. The molecule has 0 heterocycles.